The van der Waals surface area contributed by atoms with Crippen molar-refractivity contribution in [3.63, 3.8) is 0 Å². The number of amides is 1. The molecule has 1 N–H and O–H groups in total. The van der Waals surface area contributed by atoms with Crippen LogP contribution in [0.15, 0.2) is 53.3 Å². The third-order valence-corrected chi connectivity index (χ3v) is 5.81. The van der Waals surface area contributed by atoms with Crippen LogP contribution in [0.2, 0.25) is 0 Å². The average Bonchev–Trinajstić information content (AvgIpc) is 3.28. The number of nitrogens with one attached hydrogen (secondary N) is 1. The summed E-state index contributed by atoms with van der Waals surface area (Å²) in [6, 6.07) is 12.9. The zero-order valence-electron chi connectivity index (χ0n) is 19.4. The summed E-state index contributed by atoms with van der Waals surface area (Å²) in [5, 5.41) is 7.18. The predicted molar refractivity (Wildman–Crippen MR) is 127 cm³/mol. The van der Waals surface area contributed by atoms with Crippen molar-refractivity contribution in [3.8, 4) is 22.8 Å². The van der Waals surface area contributed by atoms with E-state index in [2.05, 4.69) is 10.4 Å². The summed E-state index contributed by atoms with van der Waals surface area (Å²) in [7, 11) is 4.97. The highest BCUT2D eigenvalue weighted by molar-refractivity contribution is 5.90. The maximum Gasteiger partial charge on any atom is 0.277 e. The van der Waals surface area contributed by atoms with E-state index >= 15 is 0 Å². The number of ether oxygens (including phenoxy) is 2. The van der Waals surface area contributed by atoms with Crippen molar-refractivity contribution in [1.29, 1.82) is 0 Å². The number of anilines is 1. The van der Waals surface area contributed by atoms with E-state index in [0.29, 0.717) is 34.1 Å². The molecule has 0 unspecified atom stereocenters. The summed E-state index contributed by atoms with van der Waals surface area (Å²) in [4.78, 5) is 25.6. The smallest absolute Gasteiger partial charge is 0.277 e. The van der Waals surface area contributed by atoms with Gasteiger partial charge in [0.05, 0.1) is 19.9 Å². The maximum absolute atomic E-state index is 13.4. The van der Waals surface area contributed by atoms with E-state index < -0.39 is 5.82 Å². The van der Waals surface area contributed by atoms with Gasteiger partial charge in [0.25, 0.3) is 5.56 Å². The van der Waals surface area contributed by atoms with Crippen molar-refractivity contribution in [2.75, 3.05) is 19.5 Å². The molecule has 2 heterocycles. The topological polar surface area (TPSA) is 86.9 Å². The van der Waals surface area contributed by atoms with Gasteiger partial charge in [0.1, 0.15) is 11.5 Å². The molecule has 0 bridgehead atoms. The number of hydrogen-bond acceptors (Lipinski definition) is 5. The van der Waals surface area contributed by atoms with Gasteiger partial charge in [0.2, 0.25) is 5.91 Å². The second-order valence-electron chi connectivity index (χ2n) is 7.86. The van der Waals surface area contributed by atoms with Crippen LogP contribution in [0.3, 0.4) is 0 Å². The first-order valence-corrected chi connectivity index (χ1v) is 10.7. The van der Waals surface area contributed by atoms with Gasteiger partial charge in [-0.3, -0.25) is 9.59 Å². The van der Waals surface area contributed by atoms with E-state index in [1.165, 1.54) is 22.7 Å². The van der Waals surface area contributed by atoms with Crippen molar-refractivity contribution in [1.82, 2.24) is 14.2 Å². The molecule has 8 nitrogen and oxygen atoms in total. The van der Waals surface area contributed by atoms with Crippen LogP contribution in [0.5, 0.6) is 11.5 Å². The molecule has 0 aliphatic heterocycles. The predicted octanol–water partition coefficient (Wildman–Crippen LogP) is 3.74. The molecule has 4 aromatic rings. The third kappa shape index (κ3) is 4.36. The Labute approximate surface area is 195 Å². The van der Waals surface area contributed by atoms with E-state index in [1.54, 1.807) is 32.4 Å². The van der Waals surface area contributed by atoms with Crippen LogP contribution in [0.1, 0.15) is 17.7 Å². The lowest BCUT2D eigenvalue weighted by Crippen LogP contribution is -2.26. The first-order valence-electron chi connectivity index (χ1n) is 10.7. The molecule has 9 heteroatoms. The summed E-state index contributed by atoms with van der Waals surface area (Å²) in [6.07, 6.45) is 0.295. The summed E-state index contributed by atoms with van der Waals surface area (Å²) in [5.41, 5.74) is 3.33. The second-order valence-corrected chi connectivity index (χ2v) is 7.86. The van der Waals surface area contributed by atoms with Gasteiger partial charge in [-0.2, -0.15) is 9.61 Å². The minimum atomic E-state index is -0.433. The van der Waals surface area contributed by atoms with Crippen LogP contribution in [-0.4, -0.2) is 34.3 Å². The van der Waals surface area contributed by atoms with E-state index in [-0.39, 0.29) is 24.3 Å². The van der Waals surface area contributed by atoms with Crippen LogP contribution in [0.4, 0.5) is 10.1 Å². The number of rotatable bonds is 7. The zero-order valence-corrected chi connectivity index (χ0v) is 19.4. The van der Waals surface area contributed by atoms with Crippen LogP contribution >= 0.6 is 0 Å². The van der Waals surface area contributed by atoms with Crippen molar-refractivity contribution in [2.24, 2.45) is 7.05 Å². The molecule has 2 aromatic heterocycles. The highest BCUT2D eigenvalue weighted by atomic mass is 19.1. The Morgan fingerprint density at radius 1 is 1.09 bits per heavy atom. The number of benzene rings is 2. The van der Waals surface area contributed by atoms with Crippen LogP contribution in [-0.2, 0) is 18.3 Å². The minimum absolute atomic E-state index is 0.0713. The Bertz CT molecular complexity index is 1440. The Kier molecular flexibility index (Phi) is 6.36. The molecule has 0 saturated carbocycles. The zero-order chi connectivity index (χ0) is 24.4. The maximum atomic E-state index is 13.4. The number of aryl methyl sites for hydroxylation is 1. The normalized spacial score (nSPS) is 11.0. The second kappa shape index (κ2) is 9.38. The fraction of sp³-hybridized carbons (Fsp3) is 0.240. The minimum Gasteiger partial charge on any atom is -0.493 e. The van der Waals surface area contributed by atoms with Gasteiger partial charge in [-0.15, -0.1) is 0 Å². The van der Waals surface area contributed by atoms with Gasteiger partial charge >= 0.3 is 0 Å². The molecule has 0 saturated heterocycles. The quantitative estimate of drug-likeness (QED) is 0.450. The molecule has 0 atom stereocenters. The summed E-state index contributed by atoms with van der Waals surface area (Å²) in [6.45, 7) is 1.84. The van der Waals surface area contributed by atoms with Gasteiger partial charge in [0, 0.05) is 42.0 Å². The molecule has 4 rings (SSSR count). The van der Waals surface area contributed by atoms with Crippen LogP contribution < -0.4 is 20.3 Å². The Morgan fingerprint density at radius 3 is 2.56 bits per heavy atom. The SMILES string of the molecule is COc1ccc(-c2cc3n(C)c(C)c(CCC(=O)Nc4cccc(F)c4)c(=O)n3n2)cc1OC. The summed E-state index contributed by atoms with van der Waals surface area (Å²) < 4.78 is 27.2. The van der Waals surface area contributed by atoms with Crippen LogP contribution in [0, 0.1) is 12.7 Å². The molecule has 0 radical (unpaired) electrons. The molecule has 1 amide bonds. The molecule has 0 fully saturated rings. The lowest BCUT2D eigenvalue weighted by atomic mass is 10.1. The van der Waals surface area contributed by atoms with E-state index in [0.717, 1.165) is 11.3 Å². The lowest BCUT2D eigenvalue weighted by Gasteiger charge is -2.12. The fourth-order valence-corrected chi connectivity index (χ4v) is 3.87. The largest absolute Gasteiger partial charge is 0.493 e. The summed E-state index contributed by atoms with van der Waals surface area (Å²) in [5.74, 6) is 0.417. The van der Waals surface area contributed by atoms with Gasteiger partial charge < -0.3 is 19.4 Å². The standard InChI is InChI=1S/C25H25FN4O4/c1-15-19(9-11-23(31)27-18-7-5-6-17(26)13-18)25(32)30-24(29(15)2)14-20(28-30)16-8-10-21(33-3)22(12-16)34-4/h5-8,10,12-14H,9,11H2,1-4H3,(H,27,31). The van der Waals surface area contributed by atoms with Gasteiger partial charge in [-0.25, -0.2) is 4.39 Å². The van der Waals surface area contributed by atoms with Gasteiger partial charge in [-0.05, 0) is 49.7 Å². The molecule has 34 heavy (non-hydrogen) atoms. The Morgan fingerprint density at radius 2 is 1.85 bits per heavy atom. The number of fused-ring (bicyclic) bond motifs is 1. The average molecular weight is 464 g/mol. The van der Waals surface area contributed by atoms with Crippen molar-refractivity contribution in [2.45, 2.75) is 19.8 Å². The Balaban J connectivity index is 1.63. The van der Waals surface area contributed by atoms with Gasteiger partial charge in [0.15, 0.2) is 11.5 Å². The monoisotopic (exact) mass is 464 g/mol. The first-order chi connectivity index (χ1) is 16.3. The van der Waals surface area contributed by atoms with E-state index in [4.69, 9.17) is 9.47 Å². The lowest BCUT2D eigenvalue weighted by molar-refractivity contribution is -0.116. The molecule has 0 spiro atoms. The Hall–Kier alpha value is -4.14. The van der Waals surface area contributed by atoms with Crippen molar-refractivity contribution in [3.05, 3.63) is 76.0 Å². The first kappa shape index (κ1) is 23.0. The number of methoxy groups -OCH3 is 2. The number of nitrogens with zero attached hydrogens (tertiary/aromatic N) is 3. The molecular weight excluding hydrogens is 439 g/mol. The highest BCUT2D eigenvalue weighted by Gasteiger charge is 2.17. The number of hydrogen-bond donors (Lipinski definition) is 1. The number of carbonyl (C=O) groups is 1. The fourth-order valence-electron chi connectivity index (χ4n) is 3.87. The number of carbonyl (C=O) groups excluding carboxylic acids is 1. The molecule has 2 aromatic carbocycles. The van der Waals surface area contributed by atoms with Gasteiger partial charge in [-0.1, -0.05) is 6.07 Å². The van der Waals surface area contributed by atoms with Crippen molar-refractivity contribution < 1.29 is 18.7 Å². The van der Waals surface area contributed by atoms with E-state index in [9.17, 15) is 14.0 Å². The third-order valence-electron chi connectivity index (χ3n) is 5.81. The molecule has 0 aliphatic carbocycles. The summed E-state index contributed by atoms with van der Waals surface area (Å²) >= 11 is 0. The van der Waals surface area contributed by atoms with Crippen LogP contribution in [0.25, 0.3) is 16.9 Å². The number of halogens is 1. The molecular formula is C25H25FN4O4. The molecule has 176 valence electrons. The van der Waals surface area contributed by atoms with Crippen molar-refractivity contribution >= 4 is 17.2 Å². The van der Waals surface area contributed by atoms with E-state index in [1.807, 2.05) is 30.7 Å². The highest BCUT2D eigenvalue weighted by Crippen LogP contribution is 2.32. The molecule has 0 aliphatic rings. The number of aromatic nitrogens is 3.